The zero-order valence-corrected chi connectivity index (χ0v) is 23.4. The van der Waals surface area contributed by atoms with E-state index in [0.717, 1.165) is 22.3 Å². The highest BCUT2D eigenvalue weighted by molar-refractivity contribution is 6.36. The van der Waals surface area contributed by atoms with E-state index in [4.69, 9.17) is 37.1 Å². The molecule has 0 unspecified atom stereocenters. The van der Waals surface area contributed by atoms with Gasteiger partial charge in [-0.2, -0.15) is 0 Å². The maximum Gasteiger partial charge on any atom is 0.274 e. The molecule has 0 saturated heterocycles. The summed E-state index contributed by atoms with van der Waals surface area (Å²) in [5, 5.41) is 13.1. The summed E-state index contributed by atoms with van der Waals surface area (Å²) < 4.78 is 16.5. The van der Waals surface area contributed by atoms with Crippen LogP contribution in [0.1, 0.15) is 33.5 Å². The van der Waals surface area contributed by atoms with Crippen LogP contribution in [0.15, 0.2) is 71.3 Å². The molecule has 0 radical (unpaired) electrons. The van der Waals surface area contributed by atoms with Crippen molar-refractivity contribution in [3.05, 3.63) is 99.3 Å². The highest BCUT2D eigenvalue weighted by Gasteiger charge is 2.19. The van der Waals surface area contributed by atoms with E-state index in [1.165, 1.54) is 20.4 Å². The number of amides is 1. The molecular weight excluding hydrogens is 553 g/mol. The average molecular weight is 578 g/mol. The Labute approximate surface area is 240 Å². The Bertz CT molecular complexity index is 1700. The fourth-order valence-electron chi connectivity index (χ4n) is 4.48. The number of carbonyl (C=O) groups excluding carboxylic acids is 1. The third-order valence-corrected chi connectivity index (χ3v) is 7.20. The van der Waals surface area contributed by atoms with Crippen LogP contribution in [0.5, 0.6) is 0 Å². The predicted octanol–water partition coefficient (Wildman–Crippen LogP) is 7.21. The molecule has 0 aliphatic heterocycles. The van der Waals surface area contributed by atoms with Crippen LogP contribution < -0.4 is 5.32 Å². The maximum absolute atomic E-state index is 13.0. The van der Waals surface area contributed by atoms with Crippen LogP contribution in [0, 0.1) is 6.92 Å². The van der Waals surface area contributed by atoms with Gasteiger partial charge in [-0.25, -0.2) is 4.98 Å². The van der Waals surface area contributed by atoms with Crippen LogP contribution in [-0.4, -0.2) is 35.2 Å². The van der Waals surface area contributed by atoms with Gasteiger partial charge in [0, 0.05) is 37.1 Å². The minimum atomic E-state index is -0.570. The number of ether oxygens (including phenoxy) is 2. The molecule has 3 aromatic carbocycles. The molecule has 2 aromatic heterocycles. The molecule has 2 heterocycles. The molecule has 2 N–H and O–H groups in total. The lowest BCUT2D eigenvalue weighted by Gasteiger charge is -2.15. The maximum atomic E-state index is 13.0. The molecular formula is C30H25Cl2N3O5. The van der Waals surface area contributed by atoms with Crippen LogP contribution in [0.3, 0.4) is 0 Å². The summed E-state index contributed by atoms with van der Waals surface area (Å²) >= 11 is 13.2. The lowest BCUT2D eigenvalue weighted by atomic mass is 9.96. The van der Waals surface area contributed by atoms with Crippen LogP contribution >= 0.6 is 23.2 Å². The first-order valence-corrected chi connectivity index (χ1v) is 13.0. The summed E-state index contributed by atoms with van der Waals surface area (Å²) in [6, 6.07) is 17.9. The van der Waals surface area contributed by atoms with Crippen molar-refractivity contribution in [1.82, 2.24) is 9.97 Å². The summed E-state index contributed by atoms with van der Waals surface area (Å²) in [6.07, 6.45) is 0.961. The zero-order chi connectivity index (χ0) is 28.4. The van der Waals surface area contributed by atoms with Gasteiger partial charge < -0.3 is 24.3 Å². The highest BCUT2D eigenvalue weighted by Crippen LogP contribution is 2.39. The fraction of sp³-hybridized carbons (Fsp3) is 0.167. The topological polar surface area (TPSA) is 107 Å². The summed E-state index contributed by atoms with van der Waals surface area (Å²) in [6.45, 7) is 1.79. The number of methoxy groups -OCH3 is 2. The van der Waals surface area contributed by atoms with Crippen molar-refractivity contribution in [2.45, 2.75) is 19.8 Å². The van der Waals surface area contributed by atoms with Gasteiger partial charge in [-0.3, -0.25) is 9.78 Å². The molecule has 0 saturated carbocycles. The summed E-state index contributed by atoms with van der Waals surface area (Å²) in [7, 11) is 3.05. The van der Waals surface area contributed by atoms with E-state index in [2.05, 4.69) is 15.3 Å². The van der Waals surface area contributed by atoms with E-state index < -0.39 is 12.2 Å². The van der Waals surface area contributed by atoms with Crippen molar-refractivity contribution in [1.29, 1.82) is 0 Å². The number of benzene rings is 3. The number of anilines is 1. The number of aliphatic hydroxyl groups excluding tert-OH is 1. The van der Waals surface area contributed by atoms with E-state index in [9.17, 15) is 9.90 Å². The van der Waals surface area contributed by atoms with Crippen molar-refractivity contribution in [3.63, 3.8) is 0 Å². The standard InChI is InChI=1S/C30H25Cl2N3O5/c1-16-19(6-4-7-20(16)29-35-25-13-17(15-36)12-22(31)27(25)40-29)21-8-5-9-23(26(21)32)34-28(37)24-11-10-18(14-33-24)30(38-2)39-3/h4-14,30,36H,15H2,1-3H3,(H,34,37). The van der Waals surface area contributed by atoms with Crippen molar-refractivity contribution in [3.8, 4) is 22.6 Å². The van der Waals surface area contributed by atoms with Crippen LogP contribution in [0.25, 0.3) is 33.7 Å². The van der Waals surface area contributed by atoms with Gasteiger partial charge in [-0.1, -0.05) is 53.5 Å². The number of aromatic nitrogens is 2. The number of aliphatic hydroxyl groups is 1. The number of nitrogens with one attached hydrogen (secondary N) is 1. The van der Waals surface area contributed by atoms with Gasteiger partial charge in [0.25, 0.3) is 5.91 Å². The molecule has 204 valence electrons. The fourth-order valence-corrected chi connectivity index (χ4v) is 5.03. The summed E-state index contributed by atoms with van der Waals surface area (Å²) in [5.74, 6) is -0.0151. The molecule has 0 spiro atoms. The van der Waals surface area contributed by atoms with Gasteiger partial charge in [0.1, 0.15) is 11.2 Å². The molecule has 8 nitrogen and oxygen atoms in total. The first kappa shape index (κ1) is 27.8. The average Bonchev–Trinajstić information content (AvgIpc) is 3.40. The number of hydrogen-bond donors (Lipinski definition) is 2. The largest absolute Gasteiger partial charge is 0.434 e. The Morgan fingerprint density at radius 3 is 2.45 bits per heavy atom. The molecule has 0 atom stereocenters. The monoisotopic (exact) mass is 577 g/mol. The number of hydrogen-bond acceptors (Lipinski definition) is 7. The van der Waals surface area contributed by atoms with Crippen LogP contribution in [0.4, 0.5) is 5.69 Å². The van der Waals surface area contributed by atoms with Gasteiger partial charge in [0.15, 0.2) is 11.9 Å². The van der Waals surface area contributed by atoms with E-state index >= 15 is 0 Å². The molecule has 40 heavy (non-hydrogen) atoms. The number of halogens is 2. The lowest BCUT2D eigenvalue weighted by Crippen LogP contribution is -2.15. The molecule has 0 aliphatic rings. The first-order chi connectivity index (χ1) is 19.3. The summed E-state index contributed by atoms with van der Waals surface area (Å²) in [5.41, 5.74) is 6.20. The number of carbonyl (C=O) groups is 1. The number of oxazole rings is 1. The van der Waals surface area contributed by atoms with Crippen LogP contribution in [0.2, 0.25) is 10.0 Å². The predicted molar refractivity (Wildman–Crippen MR) is 155 cm³/mol. The van der Waals surface area contributed by atoms with Gasteiger partial charge in [-0.15, -0.1) is 0 Å². The van der Waals surface area contributed by atoms with Crippen LogP contribution in [-0.2, 0) is 16.1 Å². The van der Waals surface area contributed by atoms with Crippen molar-refractivity contribution < 1.29 is 23.8 Å². The third kappa shape index (κ3) is 5.32. The first-order valence-electron chi connectivity index (χ1n) is 12.3. The minimum absolute atomic E-state index is 0.152. The number of rotatable bonds is 8. The number of pyridine rings is 1. The highest BCUT2D eigenvalue weighted by atomic mass is 35.5. The Kier molecular flexibility index (Phi) is 8.16. The molecule has 0 fully saturated rings. The summed E-state index contributed by atoms with van der Waals surface area (Å²) in [4.78, 5) is 21.8. The normalized spacial score (nSPS) is 11.4. The molecule has 5 aromatic rings. The second-order valence-electron chi connectivity index (χ2n) is 8.98. The van der Waals surface area contributed by atoms with E-state index in [1.807, 2.05) is 37.3 Å². The van der Waals surface area contributed by atoms with E-state index in [-0.39, 0.29) is 12.3 Å². The number of nitrogens with zero attached hydrogens (tertiary/aromatic N) is 2. The molecule has 10 heteroatoms. The van der Waals surface area contributed by atoms with Crippen molar-refractivity contribution in [2.75, 3.05) is 19.5 Å². The van der Waals surface area contributed by atoms with Gasteiger partial charge in [0.05, 0.1) is 22.3 Å². The Hall–Kier alpha value is -3.79. The SMILES string of the molecule is COC(OC)c1ccc(C(=O)Nc2cccc(-c3cccc(-c4nc5cc(CO)cc(Cl)c5o4)c3C)c2Cl)nc1. The smallest absolute Gasteiger partial charge is 0.274 e. The molecule has 0 aliphatic carbocycles. The van der Waals surface area contributed by atoms with Crippen molar-refractivity contribution >= 4 is 45.9 Å². The second-order valence-corrected chi connectivity index (χ2v) is 9.77. The number of fused-ring (bicyclic) bond motifs is 1. The molecule has 5 rings (SSSR count). The lowest BCUT2D eigenvalue weighted by molar-refractivity contribution is -0.106. The van der Waals surface area contributed by atoms with Gasteiger partial charge in [0.2, 0.25) is 5.89 Å². The Balaban J connectivity index is 1.45. The molecule has 0 bridgehead atoms. The Morgan fingerprint density at radius 1 is 1.02 bits per heavy atom. The molecule has 1 amide bonds. The van der Waals surface area contributed by atoms with Gasteiger partial charge >= 0.3 is 0 Å². The van der Waals surface area contributed by atoms with Gasteiger partial charge in [-0.05, 0) is 53.9 Å². The van der Waals surface area contributed by atoms with E-state index in [1.54, 1.807) is 30.3 Å². The Morgan fingerprint density at radius 2 is 1.75 bits per heavy atom. The quantitative estimate of drug-likeness (QED) is 0.188. The second kappa shape index (κ2) is 11.8. The minimum Gasteiger partial charge on any atom is -0.434 e. The zero-order valence-electron chi connectivity index (χ0n) is 21.9. The van der Waals surface area contributed by atoms with E-state index in [0.29, 0.717) is 43.9 Å². The third-order valence-electron chi connectivity index (χ3n) is 6.51. The van der Waals surface area contributed by atoms with Crippen molar-refractivity contribution in [2.24, 2.45) is 0 Å².